The molecule has 160 valence electrons. The molecule has 1 heterocycles. The summed E-state index contributed by atoms with van der Waals surface area (Å²) in [5.74, 6) is -0.910. The van der Waals surface area contributed by atoms with E-state index in [9.17, 15) is 14.4 Å². The number of carbonyl (C=O) groups is 3. The number of rotatable bonds is 8. The highest BCUT2D eigenvalue weighted by atomic mass is 16.5. The van der Waals surface area contributed by atoms with Crippen molar-refractivity contribution in [1.29, 1.82) is 0 Å². The highest BCUT2D eigenvalue weighted by molar-refractivity contribution is 6.00. The van der Waals surface area contributed by atoms with Gasteiger partial charge in [-0.15, -0.1) is 0 Å². The van der Waals surface area contributed by atoms with Crippen LogP contribution < -0.4 is 5.32 Å². The van der Waals surface area contributed by atoms with E-state index in [1.807, 2.05) is 55.7 Å². The fourth-order valence-electron chi connectivity index (χ4n) is 3.43. The van der Waals surface area contributed by atoms with Crippen LogP contribution >= 0.6 is 0 Å². The summed E-state index contributed by atoms with van der Waals surface area (Å²) in [6.45, 7) is 5.35. The molecular weight excluding hydrogens is 392 g/mol. The number of nitrogens with one attached hydrogen (secondary N) is 1. The largest absolute Gasteiger partial charge is 0.454 e. The molecule has 0 saturated carbocycles. The fraction of sp³-hybridized carbons (Fsp3) is 0.240. The van der Waals surface area contributed by atoms with Crippen LogP contribution in [0.15, 0.2) is 60.7 Å². The van der Waals surface area contributed by atoms with E-state index in [-0.39, 0.29) is 18.3 Å². The number of para-hydroxylation sites is 1. The van der Waals surface area contributed by atoms with Gasteiger partial charge >= 0.3 is 5.97 Å². The van der Waals surface area contributed by atoms with E-state index in [4.69, 9.17) is 4.74 Å². The first-order chi connectivity index (χ1) is 14.9. The Hall–Kier alpha value is -3.67. The molecule has 0 radical (unpaired) electrons. The van der Waals surface area contributed by atoms with Crippen LogP contribution in [-0.4, -0.2) is 28.8 Å². The lowest BCUT2D eigenvalue weighted by Crippen LogP contribution is -2.15. The number of ether oxygens (including phenoxy) is 1. The molecule has 6 heteroatoms. The van der Waals surface area contributed by atoms with Gasteiger partial charge in [0.2, 0.25) is 5.91 Å². The average Bonchev–Trinajstić information content (AvgIpc) is 3.07. The summed E-state index contributed by atoms with van der Waals surface area (Å²) >= 11 is 0. The summed E-state index contributed by atoms with van der Waals surface area (Å²) in [5, 5.41) is 2.77. The number of aryl methyl sites for hydroxylation is 1. The van der Waals surface area contributed by atoms with Gasteiger partial charge in [-0.05, 0) is 62.7 Å². The Labute approximate surface area is 181 Å². The second kappa shape index (κ2) is 9.89. The Morgan fingerprint density at radius 3 is 2.29 bits per heavy atom. The number of Topliss-reactive ketones (excluding diaryl/α,β-unsaturated/α-hetero) is 1. The van der Waals surface area contributed by atoms with E-state index in [1.54, 1.807) is 30.3 Å². The molecule has 0 atom stereocenters. The molecule has 3 aromatic rings. The molecule has 6 nitrogen and oxygen atoms in total. The molecule has 0 saturated heterocycles. The quantitative estimate of drug-likeness (QED) is 0.418. The molecule has 0 aliphatic carbocycles. The maximum absolute atomic E-state index is 12.6. The van der Waals surface area contributed by atoms with Crippen molar-refractivity contribution in [1.82, 2.24) is 4.57 Å². The average molecular weight is 418 g/mol. The van der Waals surface area contributed by atoms with Gasteiger partial charge in [-0.25, -0.2) is 4.79 Å². The molecular formula is C25H26N2O4. The summed E-state index contributed by atoms with van der Waals surface area (Å²) in [4.78, 5) is 36.7. The van der Waals surface area contributed by atoms with Gasteiger partial charge in [0.25, 0.3) is 0 Å². The molecule has 0 spiro atoms. The zero-order chi connectivity index (χ0) is 22.4. The van der Waals surface area contributed by atoms with Gasteiger partial charge in [-0.1, -0.05) is 25.1 Å². The van der Waals surface area contributed by atoms with E-state index in [0.717, 1.165) is 23.5 Å². The minimum Gasteiger partial charge on any atom is -0.454 e. The van der Waals surface area contributed by atoms with Crippen molar-refractivity contribution in [2.24, 2.45) is 0 Å². The first kappa shape index (κ1) is 22.0. The normalized spacial score (nSPS) is 10.5. The number of esters is 1. The Kier molecular flexibility index (Phi) is 7.03. The van der Waals surface area contributed by atoms with Gasteiger partial charge in [-0.2, -0.15) is 0 Å². The zero-order valence-electron chi connectivity index (χ0n) is 18.0. The fourth-order valence-corrected chi connectivity index (χ4v) is 3.43. The lowest BCUT2D eigenvalue weighted by Gasteiger charge is -2.10. The number of aromatic nitrogens is 1. The van der Waals surface area contributed by atoms with Crippen LogP contribution in [0.1, 0.15) is 51.9 Å². The standard InChI is InChI=1S/C25H26N2O4/c1-4-8-24(29)26-20-13-11-19(12-14-20)23(28)16-31-25(30)22-15-17(2)27(18(22)3)21-9-6-5-7-10-21/h5-7,9-15H,4,8,16H2,1-3H3,(H,26,29). The van der Waals surface area contributed by atoms with Crippen LogP contribution in [0.5, 0.6) is 0 Å². The van der Waals surface area contributed by atoms with Crippen molar-refractivity contribution in [3.63, 3.8) is 0 Å². The Balaban J connectivity index is 1.63. The smallest absolute Gasteiger partial charge is 0.340 e. The minimum absolute atomic E-state index is 0.0661. The van der Waals surface area contributed by atoms with Crippen LogP contribution in [0.3, 0.4) is 0 Å². The topological polar surface area (TPSA) is 77.4 Å². The van der Waals surface area contributed by atoms with E-state index in [2.05, 4.69) is 5.32 Å². The number of carbonyl (C=O) groups excluding carboxylic acids is 3. The Morgan fingerprint density at radius 2 is 1.65 bits per heavy atom. The third-order valence-corrected chi connectivity index (χ3v) is 4.97. The van der Waals surface area contributed by atoms with Gasteiger partial charge in [0.1, 0.15) is 0 Å². The van der Waals surface area contributed by atoms with Gasteiger partial charge in [0.05, 0.1) is 5.56 Å². The molecule has 31 heavy (non-hydrogen) atoms. The maximum atomic E-state index is 12.6. The summed E-state index contributed by atoms with van der Waals surface area (Å²) in [7, 11) is 0. The van der Waals surface area contributed by atoms with Gasteiger partial charge in [0.15, 0.2) is 12.4 Å². The predicted molar refractivity (Wildman–Crippen MR) is 120 cm³/mol. The van der Waals surface area contributed by atoms with Crippen molar-refractivity contribution in [2.75, 3.05) is 11.9 Å². The highest BCUT2D eigenvalue weighted by Gasteiger charge is 2.19. The summed E-state index contributed by atoms with van der Waals surface area (Å²) in [5.41, 5.74) is 4.09. The van der Waals surface area contributed by atoms with Crippen LogP contribution in [0.2, 0.25) is 0 Å². The van der Waals surface area contributed by atoms with Gasteiger partial charge in [-0.3, -0.25) is 9.59 Å². The number of anilines is 1. The number of hydrogen-bond acceptors (Lipinski definition) is 4. The maximum Gasteiger partial charge on any atom is 0.340 e. The summed E-state index contributed by atoms with van der Waals surface area (Å²) in [6, 6.07) is 18.0. The van der Waals surface area contributed by atoms with Crippen LogP contribution in [0.25, 0.3) is 5.69 Å². The number of nitrogens with zero attached hydrogens (tertiary/aromatic N) is 1. The molecule has 1 aromatic heterocycles. The first-order valence-electron chi connectivity index (χ1n) is 10.2. The minimum atomic E-state index is -0.535. The van der Waals surface area contributed by atoms with E-state index >= 15 is 0 Å². The van der Waals surface area contributed by atoms with E-state index < -0.39 is 5.97 Å². The molecule has 0 aliphatic rings. The number of benzene rings is 2. The van der Waals surface area contributed by atoms with Crippen LogP contribution in [0, 0.1) is 13.8 Å². The van der Waals surface area contributed by atoms with Crippen molar-refractivity contribution in [3.05, 3.63) is 83.2 Å². The number of amides is 1. The third kappa shape index (κ3) is 5.28. The second-order valence-corrected chi connectivity index (χ2v) is 7.33. The molecule has 0 unspecified atom stereocenters. The van der Waals surface area contributed by atoms with Crippen molar-refractivity contribution in [3.8, 4) is 5.69 Å². The van der Waals surface area contributed by atoms with Crippen LogP contribution in [0.4, 0.5) is 5.69 Å². The number of ketones is 1. The lowest BCUT2D eigenvalue weighted by molar-refractivity contribution is -0.116. The Morgan fingerprint density at radius 1 is 0.968 bits per heavy atom. The second-order valence-electron chi connectivity index (χ2n) is 7.33. The lowest BCUT2D eigenvalue weighted by atomic mass is 10.1. The van der Waals surface area contributed by atoms with E-state index in [1.165, 1.54) is 0 Å². The summed E-state index contributed by atoms with van der Waals surface area (Å²) < 4.78 is 7.26. The van der Waals surface area contributed by atoms with Crippen LogP contribution in [-0.2, 0) is 9.53 Å². The zero-order valence-corrected chi connectivity index (χ0v) is 18.0. The van der Waals surface area contributed by atoms with Gasteiger partial charge in [0, 0.05) is 34.7 Å². The Bertz CT molecular complexity index is 1080. The SMILES string of the molecule is CCCC(=O)Nc1ccc(C(=O)COC(=O)c2cc(C)n(-c3ccccc3)c2C)cc1. The molecule has 1 N–H and O–H groups in total. The van der Waals surface area contributed by atoms with Gasteiger partial charge < -0.3 is 14.6 Å². The van der Waals surface area contributed by atoms with Crippen molar-refractivity contribution < 1.29 is 19.1 Å². The third-order valence-electron chi connectivity index (χ3n) is 4.97. The van der Waals surface area contributed by atoms with Crippen molar-refractivity contribution in [2.45, 2.75) is 33.6 Å². The molecule has 0 bridgehead atoms. The highest BCUT2D eigenvalue weighted by Crippen LogP contribution is 2.21. The predicted octanol–water partition coefficient (Wildman–Crippen LogP) is 4.87. The van der Waals surface area contributed by atoms with E-state index in [0.29, 0.717) is 23.2 Å². The molecule has 0 aliphatic heterocycles. The summed E-state index contributed by atoms with van der Waals surface area (Å²) in [6.07, 6.45) is 1.21. The number of hydrogen-bond donors (Lipinski definition) is 1. The monoisotopic (exact) mass is 418 g/mol. The van der Waals surface area contributed by atoms with Crippen molar-refractivity contribution >= 4 is 23.3 Å². The molecule has 1 amide bonds. The first-order valence-corrected chi connectivity index (χ1v) is 10.2. The molecule has 2 aromatic carbocycles. The molecule has 0 fully saturated rings. The molecule has 3 rings (SSSR count).